The predicted molar refractivity (Wildman–Crippen MR) is 152 cm³/mol. The van der Waals surface area contributed by atoms with Crippen LogP contribution < -0.4 is 4.57 Å². The maximum Gasteiger partial charge on any atom is 0.222 e. The number of hydrogen-bond donors (Lipinski definition) is 0. The first-order valence-corrected chi connectivity index (χ1v) is 13.6. The van der Waals surface area contributed by atoms with E-state index in [1.165, 1.54) is 70.1 Å². The molecule has 35 heavy (non-hydrogen) atoms. The number of benzene rings is 4. The van der Waals surface area contributed by atoms with Gasteiger partial charge in [0.1, 0.15) is 7.05 Å². The SMILES string of the molecule is Cc1c2c(c(CC(C)(C)C)c3ccccc13)Sc1c3ccc(C(C)C)cc3cc3cc[n+](C)c-2c13. The lowest BCUT2D eigenvalue weighted by atomic mass is 9.83. The van der Waals surface area contributed by atoms with E-state index in [-0.39, 0.29) is 5.41 Å². The molecular weight excluding hydrogens is 442 g/mol. The molecule has 1 aromatic heterocycles. The quantitative estimate of drug-likeness (QED) is 0.178. The number of hydrogen-bond acceptors (Lipinski definition) is 1. The number of nitrogens with zero attached hydrogens (tertiary/aromatic N) is 1. The van der Waals surface area contributed by atoms with E-state index in [1.54, 1.807) is 0 Å². The van der Waals surface area contributed by atoms with Gasteiger partial charge in [0.2, 0.25) is 5.69 Å². The molecule has 1 aliphatic heterocycles. The van der Waals surface area contributed by atoms with Crippen LogP contribution >= 0.6 is 11.8 Å². The van der Waals surface area contributed by atoms with Crippen molar-refractivity contribution in [3.63, 3.8) is 0 Å². The van der Waals surface area contributed by atoms with E-state index in [4.69, 9.17) is 0 Å². The molecule has 0 spiro atoms. The number of fused-ring (bicyclic) bond motifs is 5. The molecule has 2 heterocycles. The van der Waals surface area contributed by atoms with Crippen LogP contribution in [0.2, 0.25) is 0 Å². The Labute approximate surface area is 213 Å². The summed E-state index contributed by atoms with van der Waals surface area (Å²) in [5, 5.41) is 8.25. The Morgan fingerprint density at radius 1 is 0.857 bits per heavy atom. The Hall–Kier alpha value is -2.84. The van der Waals surface area contributed by atoms with Gasteiger partial charge in [-0.15, -0.1) is 0 Å². The predicted octanol–water partition coefficient (Wildman–Crippen LogP) is 9.12. The van der Waals surface area contributed by atoms with Gasteiger partial charge in [0, 0.05) is 15.9 Å². The molecule has 1 nitrogen and oxygen atoms in total. The Bertz CT molecular complexity index is 1670. The zero-order valence-electron chi connectivity index (χ0n) is 21.9. The largest absolute Gasteiger partial charge is 0.222 e. The summed E-state index contributed by atoms with van der Waals surface area (Å²) >= 11 is 2.01. The third-order valence-corrected chi connectivity index (χ3v) is 8.84. The van der Waals surface area contributed by atoms with E-state index in [9.17, 15) is 0 Å². The van der Waals surface area contributed by atoms with E-state index in [0.717, 1.165) is 6.42 Å². The van der Waals surface area contributed by atoms with Crippen molar-refractivity contribution in [2.24, 2.45) is 12.5 Å². The van der Waals surface area contributed by atoms with Gasteiger partial charge in [-0.1, -0.05) is 88.8 Å². The fraction of sp³-hybridized carbons (Fsp3) is 0.303. The molecule has 4 aromatic carbocycles. The van der Waals surface area contributed by atoms with Crippen molar-refractivity contribution >= 4 is 44.1 Å². The Balaban J connectivity index is 1.79. The summed E-state index contributed by atoms with van der Waals surface area (Å²) < 4.78 is 2.35. The molecule has 0 saturated carbocycles. The highest BCUT2D eigenvalue weighted by atomic mass is 32.2. The first-order valence-electron chi connectivity index (χ1n) is 12.8. The molecule has 1 aliphatic rings. The van der Waals surface area contributed by atoms with Gasteiger partial charge >= 0.3 is 0 Å². The van der Waals surface area contributed by atoms with Gasteiger partial charge in [-0.25, -0.2) is 4.57 Å². The molecule has 0 atom stereocenters. The van der Waals surface area contributed by atoms with Crippen molar-refractivity contribution in [1.82, 2.24) is 0 Å². The molecule has 0 amide bonds. The lowest BCUT2D eigenvalue weighted by Gasteiger charge is -2.28. The van der Waals surface area contributed by atoms with Crippen LogP contribution in [0, 0.1) is 12.3 Å². The van der Waals surface area contributed by atoms with Crippen molar-refractivity contribution < 1.29 is 4.57 Å². The van der Waals surface area contributed by atoms with Crippen molar-refractivity contribution in [2.45, 2.75) is 63.7 Å². The maximum atomic E-state index is 2.40. The molecule has 0 aliphatic carbocycles. The maximum absolute atomic E-state index is 2.40. The van der Waals surface area contributed by atoms with E-state index in [0.29, 0.717) is 5.92 Å². The number of aryl methyl sites for hydroxylation is 2. The molecule has 2 heteroatoms. The van der Waals surface area contributed by atoms with Crippen molar-refractivity contribution in [1.29, 1.82) is 0 Å². The zero-order valence-corrected chi connectivity index (χ0v) is 22.7. The minimum Gasteiger partial charge on any atom is -0.200 e. The summed E-state index contributed by atoms with van der Waals surface area (Å²) in [6, 6.07) is 20.8. The third kappa shape index (κ3) is 3.49. The van der Waals surface area contributed by atoms with Crippen LogP contribution in [0.5, 0.6) is 0 Å². The lowest BCUT2D eigenvalue weighted by molar-refractivity contribution is -0.659. The molecule has 0 N–H and O–H groups in total. The number of pyridine rings is 1. The second-order valence-corrected chi connectivity index (χ2v) is 12.8. The summed E-state index contributed by atoms with van der Waals surface area (Å²) in [4.78, 5) is 2.86. The molecule has 5 aromatic rings. The molecule has 0 fully saturated rings. The van der Waals surface area contributed by atoms with Crippen molar-refractivity contribution in [3.05, 3.63) is 77.5 Å². The smallest absolute Gasteiger partial charge is 0.200 e. The standard InChI is InChI=1S/C33H34NS/c1-19(2)21-12-13-25-23(16-21)17-22-14-15-34(7)30-28-20(3)24-10-8-9-11-26(24)27(18-33(4,5)6)32(28)35-31(25)29(22)30/h8-17,19H,18H2,1-7H3/q+1. The average Bonchev–Trinajstić information content (AvgIpc) is 2.82. The molecule has 0 bridgehead atoms. The summed E-state index contributed by atoms with van der Waals surface area (Å²) in [6.07, 6.45) is 3.30. The highest BCUT2D eigenvalue weighted by Crippen LogP contribution is 2.54. The van der Waals surface area contributed by atoms with E-state index in [2.05, 4.69) is 114 Å². The van der Waals surface area contributed by atoms with Gasteiger partial charge in [-0.3, -0.25) is 0 Å². The Morgan fingerprint density at radius 2 is 1.60 bits per heavy atom. The van der Waals surface area contributed by atoms with Crippen LogP contribution in [0.3, 0.4) is 0 Å². The van der Waals surface area contributed by atoms with Gasteiger partial charge < -0.3 is 0 Å². The Kier molecular flexibility index (Phi) is 5.06. The number of rotatable bonds is 2. The first kappa shape index (κ1) is 22.6. The van der Waals surface area contributed by atoms with Gasteiger partial charge in [0.15, 0.2) is 6.20 Å². The van der Waals surface area contributed by atoms with Gasteiger partial charge in [-0.2, -0.15) is 0 Å². The van der Waals surface area contributed by atoms with Gasteiger partial charge in [0.25, 0.3) is 0 Å². The third-order valence-electron chi connectivity index (χ3n) is 7.56. The second-order valence-electron chi connectivity index (χ2n) is 11.8. The summed E-state index contributed by atoms with van der Waals surface area (Å²) in [5.41, 5.74) is 7.28. The first-order chi connectivity index (χ1) is 16.6. The van der Waals surface area contributed by atoms with Crippen LogP contribution in [-0.2, 0) is 13.5 Å². The molecule has 0 radical (unpaired) electrons. The fourth-order valence-corrected chi connectivity index (χ4v) is 7.33. The lowest BCUT2D eigenvalue weighted by Crippen LogP contribution is -2.32. The van der Waals surface area contributed by atoms with Crippen LogP contribution in [0.15, 0.2) is 70.6 Å². The summed E-state index contributed by atoms with van der Waals surface area (Å²) in [7, 11) is 2.21. The molecule has 6 rings (SSSR count). The van der Waals surface area contributed by atoms with Gasteiger partial charge in [-0.05, 0) is 74.4 Å². The highest BCUT2D eigenvalue weighted by molar-refractivity contribution is 8.00. The van der Waals surface area contributed by atoms with E-state index < -0.39 is 0 Å². The van der Waals surface area contributed by atoms with Crippen LogP contribution in [-0.4, -0.2) is 0 Å². The highest BCUT2D eigenvalue weighted by Gasteiger charge is 2.33. The minimum absolute atomic E-state index is 0.200. The van der Waals surface area contributed by atoms with Crippen LogP contribution in [0.25, 0.3) is 43.6 Å². The normalized spacial score (nSPS) is 13.3. The van der Waals surface area contributed by atoms with E-state index in [1.807, 2.05) is 11.8 Å². The monoisotopic (exact) mass is 476 g/mol. The molecular formula is C33H34NS+. The minimum atomic E-state index is 0.200. The van der Waals surface area contributed by atoms with E-state index >= 15 is 0 Å². The fourth-order valence-electron chi connectivity index (χ4n) is 5.86. The topological polar surface area (TPSA) is 3.88 Å². The van der Waals surface area contributed by atoms with Crippen molar-refractivity contribution in [3.8, 4) is 11.3 Å². The van der Waals surface area contributed by atoms with Gasteiger partial charge in [0.05, 0.1) is 10.9 Å². The summed E-state index contributed by atoms with van der Waals surface area (Å²) in [5.74, 6) is 0.524. The average molecular weight is 477 g/mol. The Morgan fingerprint density at radius 3 is 2.31 bits per heavy atom. The van der Waals surface area contributed by atoms with Crippen LogP contribution in [0.1, 0.15) is 57.2 Å². The number of aromatic nitrogens is 1. The molecule has 0 saturated heterocycles. The zero-order chi connectivity index (χ0) is 24.6. The molecule has 176 valence electrons. The summed E-state index contributed by atoms with van der Waals surface area (Å²) in [6.45, 7) is 14.0. The second kappa shape index (κ2) is 7.83. The van der Waals surface area contributed by atoms with Crippen LogP contribution in [0.4, 0.5) is 0 Å². The van der Waals surface area contributed by atoms with Crippen molar-refractivity contribution in [2.75, 3.05) is 0 Å². The molecule has 0 unspecified atom stereocenters.